The van der Waals surface area contributed by atoms with E-state index in [1.807, 2.05) is 0 Å². The van der Waals surface area contributed by atoms with Crippen molar-refractivity contribution in [2.75, 3.05) is 12.4 Å². The average Bonchev–Trinajstić information content (AvgIpc) is 2.05. The quantitative estimate of drug-likeness (QED) is 0.757. The van der Waals surface area contributed by atoms with Gasteiger partial charge in [0, 0.05) is 7.05 Å². The first-order valence-corrected chi connectivity index (χ1v) is 3.31. The lowest BCUT2D eigenvalue weighted by Crippen LogP contribution is -2.02. The SMILES string of the molecule is CNc1ccc(OC(F)F)cn1. The van der Waals surface area contributed by atoms with Crippen LogP contribution in [0.1, 0.15) is 0 Å². The molecule has 66 valence electrons. The number of hydrogen-bond acceptors (Lipinski definition) is 3. The van der Waals surface area contributed by atoms with Gasteiger partial charge < -0.3 is 10.1 Å². The summed E-state index contributed by atoms with van der Waals surface area (Å²) in [6.07, 6.45) is 1.23. The molecule has 0 aliphatic rings. The molecule has 5 heteroatoms. The van der Waals surface area contributed by atoms with Crippen LogP contribution in [0.2, 0.25) is 0 Å². The summed E-state index contributed by atoms with van der Waals surface area (Å²) in [6, 6.07) is 2.97. The molecule has 0 unspecified atom stereocenters. The Balaban J connectivity index is 2.65. The topological polar surface area (TPSA) is 34.1 Å². The molecule has 1 N–H and O–H groups in total. The van der Waals surface area contributed by atoms with Gasteiger partial charge in [0.05, 0.1) is 6.20 Å². The van der Waals surface area contributed by atoms with Crippen LogP contribution in [-0.4, -0.2) is 18.6 Å². The molecule has 1 aromatic rings. The number of aromatic nitrogens is 1. The minimum absolute atomic E-state index is 0.0593. The van der Waals surface area contributed by atoms with Gasteiger partial charge in [-0.3, -0.25) is 0 Å². The summed E-state index contributed by atoms with van der Waals surface area (Å²) < 4.78 is 27.4. The highest BCUT2D eigenvalue weighted by molar-refractivity contribution is 5.36. The maximum atomic E-state index is 11.6. The number of halogens is 2. The fourth-order valence-corrected chi connectivity index (χ4v) is 0.701. The van der Waals surface area contributed by atoms with Crippen molar-refractivity contribution in [1.82, 2.24) is 4.98 Å². The highest BCUT2D eigenvalue weighted by Crippen LogP contribution is 2.13. The van der Waals surface area contributed by atoms with E-state index in [2.05, 4.69) is 15.0 Å². The van der Waals surface area contributed by atoms with Crippen LogP contribution in [0.5, 0.6) is 5.75 Å². The number of ether oxygens (including phenoxy) is 1. The summed E-state index contributed by atoms with van der Waals surface area (Å²) >= 11 is 0. The third-order valence-corrected chi connectivity index (χ3v) is 1.22. The van der Waals surface area contributed by atoms with Crippen molar-refractivity contribution in [3.8, 4) is 5.75 Å². The Kier molecular flexibility index (Phi) is 2.79. The maximum Gasteiger partial charge on any atom is 0.387 e. The summed E-state index contributed by atoms with van der Waals surface area (Å²) in [7, 11) is 1.69. The molecule has 0 atom stereocenters. The van der Waals surface area contributed by atoms with E-state index in [-0.39, 0.29) is 5.75 Å². The van der Waals surface area contributed by atoms with E-state index >= 15 is 0 Å². The maximum absolute atomic E-state index is 11.6. The number of alkyl halides is 2. The van der Waals surface area contributed by atoms with Crippen molar-refractivity contribution in [2.45, 2.75) is 6.61 Å². The zero-order valence-corrected chi connectivity index (χ0v) is 6.42. The van der Waals surface area contributed by atoms with E-state index in [9.17, 15) is 8.78 Å². The predicted octanol–water partition coefficient (Wildman–Crippen LogP) is 1.72. The number of pyridine rings is 1. The van der Waals surface area contributed by atoms with Gasteiger partial charge in [0.25, 0.3) is 0 Å². The molecule has 12 heavy (non-hydrogen) atoms. The second kappa shape index (κ2) is 3.85. The van der Waals surface area contributed by atoms with E-state index in [1.54, 1.807) is 13.1 Å². The van der Waals surface area contributed by atoms with Crippen LogP contribution in [0.15, 0.2) is 18.3 Å². The van der Waals surface area contributed by atoms with E-state index in [0.717, 1.165) is 0 Å². The van der Waals surface area contributed by atoms with Crippen molar-refractivity contribution >= 4 is 5.82 Å². The average molecular weight is 174 g/mol. The first-order valence-electron chi connectivity index (χ1n) is 3.31. The number of nitrogens with zero attached hydrogens (tertiary/aromatic N) is 1. The number of hydrogen-bond donors (Lipinski definition) is 1. The standard InChI is InChI=1S/C7H8F2N2O/c1-10-6-3-2-5(4-11-6)12-7(8)9/h2-4,7H,1H3,(H,10,11). The van der Waals surface area contributed by atoms with E-state index in [4.69, 9.17) is 0 Å². The molecule has 0 saturated carbocycles. The highest BCUT2D eigenvalue weighted by Gasteiger charge is 2.03. The molecule has 0 spiro atoms. The van der Waals surface area contributed by atoms with Crippen LogP contribution in [0, 0.1) is 0 Å². The number of nitrogens with one attached hydrogen (secondary N) is 1. The Morgan fingerprint density at radius 3 is 2.67 bits per heavy atom. The smallest absolute Gasteiger partial charge is 0.387 e. The molecule has 0 bridgehead atoms. The van der Waals surface area contributed by atoms with Crippen LogP contribution in [0.25, 0.3) is 0 Å². The zero-order valence-electron chi connectivity index (χ0n) is 6.42. The van der Waals surface area contributed by atoms with E-state index in [1.165, 1.54) is 12.3 Å². The van der Waals surface area contributed by atoms with Gasteiger partial charge in [-0.25, -0.2) is 4.98 Å². The predicted molar refractivity (Wildman–Crippen MR) is 40.4 cm³/mol. The molecule has 1 rings (SSSR count). The first kappa shape index (κ1) is 8.70. The molecule has 0 saturated heterocycles. The molecule has 0 fully saturated rings. The third kappa shape index (κ3) is 2.34. The summed E-state index contributed by atoms with van der Waals surface area (Å²) in [6.45, 7) is -2.80. The van der Waals surface area contributed by atoms with Crippen LogP contribution < -0.4 is 10.1 Å². The Bertz CT molecular complexity index is 238. The molecule has 1 aromatic heterocycles. The Labute approximate surface area is 68.4 Å². The van der Waals surface area contributed by atoms with Crippen LogP contribution >= 0.6 is 0 Å². The van der Waals surface area contributed by atoms with Crippen molar-refractivity contribution in [2.24, 2.45) is 0 Å². The van der Waals surface area contributed by atoms with Gasteiger partial charge in [0.2, 0.25) is 0 Å². The zero-order chi connectivity index (χ0) is 8.97. The normalized spacial score (nSPS) is 10.0. The van der Waals surface area contributed by atoms with Gasteiger partial charge in [-0.1, -0.05) is 0 Å². The fourth-order valence-electron chi connectivity index (χ4n) is 0.701. The number of rotatable bonds is 3. The minimum atomic E-state index is -2.80. The molecule has 1 heterocycles. The molecule has 0 radical (unpaired) electrons. The summed E-state index contributed by atoms with van der Waals surface area (Å²) in [4.78, 5) is 3.78. The van der Waals surface area contributed by atoms with Gasteiger partial charge in [-0.2, -0.15) is 8.78 Å². The summed E-state index contributed by atoms with van der Waals surface area (Å²) in [5.41, 5.74) is 0. The lowest BCUT2D eigenvalue weighted by atomic mass is 10.4. The molecule has 0 aliphatic heterocycles. The highest BCUT2D eigenvalue weighted by atomic mass is 19.3. The van der Waals surface area contributed by atoms with Gasteiger partial charge in [0.1, 0.15) is 11.6 Å². The van der Waals surface area contributed by atoms with Gasteiger partial charge in [0.15, 0.2) is 0 Å². The van der Waals surface area contributed by atoms with Gasteiger partial charge >= 0.3 is 6.61 Å². The van der Waals surface area contributed by atoms with Crippen molar-refractivity contribution in [3.63, 3.8) is 0 Å². The molecule has 0 aromatic carbocycles. The molecular weight excluding hydrogens is 166 g/mol. The largest absolute Gasteiger partial charge is 0.433 e. The van der Waals surface area contributed by atoms with Crippen molar-refractivity contribution in [3.05, 3.63) is 18.3 Å². The van der Waals surface area contributed by atoms with Crippen molar-refractivity contribution in [1.29, 1.82) is 0 Å². The van der Waals surface area contributed by atoms with Crippen LogP contribution in [0.4, 0.5) is 14.6 Å². The Hall–Kier alpha value is -1.39. The molecule has 0 amide bonds. The third-order valence-electron chi connectivity index (χ3n) is 1.22. The van der Waals surface area contributed by atoms with Crippen LogP contribution in [0.3, 0.4) is 0 Å². The summed E-state index contributed by atoms with van der Waals surface area (Å²) in [5, 5.41) is 2.75. The van der Waals surface area contributed by atoms with E-state index in [0.29, 0.717) is 5.82 Å². The molecule has 3 nitrogen and oxygen atoms in total. The van der Waals surface area contributed by atoms with Crippen molar-refractivity contribution < 1.29 is 13.5 Å². The molecule has 0 aliphatic carbocycles. The van der Waals surface area contributed by atoms with Gasteiger partial charge in [-0.05, 0) is 12.1 Å². The Morgan fingerprint density at radius 2 is 2.25 bits per heavy atom. The van der Waals surface area contributed by atoms with Crippen LogP contribution in [-0.2, 0) is 0 Å². The first-order chi connectivity index (χ1) is 5.72. The van der Waals surface area contributed by atoms with Gasteiger partial charge in [-0.15, -0.1) is 0 Å². The monoisotopic (exact) mass is 174 g/mol. The second-order valence-electron chi connectivity index (χ2n) is 2.01. The molecular formula is C7H8F2N2O. The minimum Gasteiger partial charge on any atom is -0.433 e. The Morgan fingerprint density at radius 1 is 1.50 bits per heavy atom. The second-order valence-corrected chi connectivity index (χ2v) is 2.01. The lowest BCUT2D eigenvalue weighted by Gasteiger charge is -2.03. The lowest BCUT2D eigenvalue weighted by molar-refractivity contribution is -0.0500. The fraction of sp³-hybridized carbons (Fsp3) is 0.286. The number of anilines is 1. The summed E-state index contributed by atoms with van der Waals surface area (Å²) in [5.74, 6) is 0.667. The van der Waals surface area contributed by atoms with E-state index < -0.39 is 6.61 Å².